The Morgan fingerprint density at radius 1 is 1.26 bits per heavy atom. The number of nitrogens with zero attached hydrogens (tertiary/aromatic N) is 1. The number of morpholine rings is 1. The van der Waals surface area contributed by atoms with Crippen molar-refractivity contribution in [1.82, 2.24) is 4.90 Å². The van der Waals surface area contributed by atoms with Crippen molar-refractivity contribution in [2.45, 2.75) is 13.3 Å². The molecule has 0 bridgehead atoms. The van der Waals surface area contributed by atoms with Crippen LogP contribution < -0.4 is 9.47 Å². The first-order chi connectivity index (χ1) is 11.2. The normalized spacial score (nSPS) is 15.2. The minimum Gasteiger partial charge on any atom is -0.493 e. The zero-order valence-electron chi connectivity index (χ0n) is 13.9. The van der Waals surface area contributed by atoms with E-state index >= 15 is 0 Å². The van der Waals surface area contributed by atoms with E-state index in [1.165, 1.54) is 0 Å². The Morgan fingerprint density at radius 3 is 2.74 bits per heavy atom. The van der Waals surface area contributed by atoms with Crippen LogP contribution in [0.5, 0.6) is 11.5 Å². The zero-order valence-corrected chi connectivity index (χ0v) is 13.9. The maximum absolute atomic E-state index is 11.8. The maximum atomic E-state index is 11.8. The molecule has 1 fully saturated rings. The molecule has 6 heteroatoms. The first kappa shape index (κ1) is 17.6. The molecular formula is C17H25NO5. The third kappa shape index (κ3) is 5.41. The smallest absolute Gasteiger partial charge is 0.338 e. The van der Waals surface area contributed by atoms with Gasteiger partial charge in [0.05, 0.1) is 39.1 Å². The minimum absolute atomic E-state index is 0.348. The molecule has 1 saturated heterocycles. The number of ether oxygens (including phenoxy) is 4. The predicted octanol–water partition coefficient (Wildman–Crippen LogP) is 1.97. The summed E-state index contributed by atoms with van der Waals surface area (Å²) in [5.41, 5.74) is 0.468. The van der Waals surface area contributed by atoms with Crippen molar-refractivity contribution in [1.29, 1.82) is 0 Å². The van der Waals surface area contributed by atoms with Gasteiger partial charge in [-0.15, -0.1) is 0 Å². The van der Waals surface area contributed by atoms with Crippen molar-refractivity contribution in [3.8, 4) is 11.5 Å². The van der Waals surface area contributed by atoms with E-state index in [4.69, 9.17) is 18.9 Å². The number of methoxy groups -OCH3 is 1. The van der Waals surface area contributed by atoms with Gasteiger partial charge in [0.25, 0.3) is 0 Å². The molecule has 0 radical (unpaired) electrons. The van der Waals surface area contributed by atoms with Gasteiger partial charge in [0, 0.05) is 19.6 Å². The molecule has 1 heterocycles. The summed E-state index contributed by atoms with van der Waals surface area (Å²) >= 11 is 0. The fourth-order valence-electron chi connectivity index (χ4n) is 2.43. The van der Waals surface area contributed by atoms with Crippen LogP contribution >= 0.6 is 0 Å². The minimum atomic E-state index is -0.353. The highest BCUT2D eigenvalue weighted by atomic mass is 16.5. The predicted molar refractivity (Wildman–Crippen MR) is 86.3 cm³/mol. The first-order valence-electron chi connectivity index (χ1n) is 8.02. The second kappa shape index (κ2) is 9.37. The summed E-state index contributed by atoms with van der Waals surface area (Å²) in [6.45, 7) is 7.23. The molecule has 0 unspecified atom stereocenters. The van der Waals surface area contributed by atoms with Crippen LogP contribution in [-0.2, 0) is 9.47 Å². The molecule has 128 valence electrons. The molecule has 1 aliphatic rings. The Balaban J connectivity index is 1.86. The van der Waals surface area contributed by atoms with E-state index in [2.05, 4.69) is 4.90 Å². The van der Waals surface area contributed by atoms with Gasteiger partial charge in [-0.3, -0.25) is 4.90 Å². The monoisotopic (exact) mass is 323 g/mol. The van der Waals surface area contributed by atoms with E-state index < -0.39 is 0 Å². The summed E-state index contributed by atoms with van der Waals surface area (Å²) in [4.78, 5) is 14.2. The van der Waals surface area contributed by atoms with Gasteiger partial charge in [-0.05, 0) is 31.5 Å². The summed E-state index contributed by atoms with van der Waals surface area (Å²) in [6, 6.07) is 5.08. The van der Waals surface area contributed by atoms with E-state index in [1.807, 2.05) is 0 Å². The third-order valence-electron chi connectivity index (χ3n) is 3.65. The number of rotatable bonds is 8. The Bertz CT molecular complexity index is 500. The van der Waals surface area contributed by atoms with Gasteiger partial charge in [0.15, 0.2) is 11.5 Å². The van der Waals surface area contributed by atoms with Crippen LogP contribution in [0.15, 0.2) is 18.2 Å². The van der Waals surface area contributed by atoms with Crippen LogP contribution in [0.25, 0.3) is 0 Å². The molecule has 1 aromatic rings. The highest BCUT2D eigenvalue weighted by Crippen LogP contribution is 2.28. The van der Waals surface area contributed by atoms with E-state index in [0.717, 1.165) is 39.3 Å². The number of hydrogen-bond acceptors (Lipinski definition) is 6. The molecule has 2 rings (SSSR count). The highest BCUT2D eigenvalue weighted by molar-refractivity contribution is 5.90. The van der Waals surface area contributed by atoms with E-state index in [0.29, 0.717) is 30.3 Å². The van der Waals surface area contributed by atoms with Crippen molar-refractivity contribution in [2.75, 3.05) is 53.2 Å². The molecule has 1 aromatic carbocycles. The lowest BCUT2D eigenvalue weighted by atomic mass is 10.2. The standard InChI is InChI=1S/C17H25NO5/c1-3-22-17(19)14-5-6-15(20-2)16(13-14)23-10-4-7-18-8-11-21-12-9-18/h5-6,13H,3-4,7-12H2,1-2H3. The average Bonchev–Trinajstić information content (AvgIpc) is 2.59. The van der Waals surface area contributed by atoms with Crippen LogP contribution in [-0.4, -0.2) is 64.0 Å². The van der Waals surface area contributed by atoms with Crippen molar-refractivity contribution < 1.29 is 23.7 Å². The molecule has 0 amide bonds. The molecule has 6 nitrogen and oxygen atoms in total. The summed E-state index contributed by atoms with van der Waals surface area (Å²) in [5, 5.41) is 0. The van der Waals surface area contributed by atoms with Crippen molar-refractivity contribution in [3.05, 3.63) is 23.8 Å². The van der Waals surface area contributed by atoms with Gasteiger partial charge in [-0.2, -0.15) is 0 Å². The molecule has 1 aliphatic heterocycles. The van der Waals surface area contributed by atoms with E-state index in [1.54, 1.807) is 32.2 Å². The molecule has 0 aromatic heterocycles. The second-order valence-electron chi connectivity index (χ2n) is 5.24. The van der Waals surface area contributed by atoms with Gasteiger partial charge in [0.2, 0.25) is 0 Å². The number of esters is 1. The maximum Gasteiger partial charge on any atom is 0.338 e. The Kier molecular flexibility index (Phi) is 7.16. The van der Waals surface area contributed by atoms with Crippen LogP contribution in [0.4, 0.5) is 0 Å². The summed E-state index contributed by atoms with van der Waals surface area (Å²) in [7, 11) is 1.58. The van der Waals surface area contributed by atoms with Gasteiger partial charge in [0.1, 0.15) is 0 Å². The van der Waals surface area contributed by atoms with Crippen LogP contribution in [0.1, 0.15) is 23.7 Å². The van der Waals surface area contributed by atoms with Crippen molar-refractivity contribution >= 4 is 5.97 Å². The van der Waals surface area contributed by atoms with Crippen LogP contribution in [0.3, 0.4) is 0 Å². The number of hydrogen-bond donors (Lipinski definition) is 0. The molecule has 0 N–H and O–H groups in total. The van der Waals surface area contributed by atoms with Crippen LogP contribution in [0, 0.1) is 0 Å². The first-order valence-corrected chi connectivity index (χ1v) is 8.02. The molecule has 0 aliphatic carbocycles. The van der Waals surface area contributed by atoms with Gasteiger partial charge < -0.3 is 18.9 Å². The van der Waals surface area contributed by atoms with E-state index in [9.17, 15) is 4.79 Å². The quantitative estimate of drug-likeness (QED) is 0.538. The van der Waals surface area contributed by atoms with Crippen molar-refractivity contribution in [2.24, 2.45) is 0 Å². The molecule has 23 heavy (non-hydrogen) atoms. The zero-order chi connectivity index (χ0) is 16.5. The fraction of sp³-hybridized carbons (Fsp3) is 0.588. The number of carbonyl (C=O) groups excluding carboxylic acids is 1. The SMILES string of the molecule is CCOC(=O)c1ccc(OC)c(OCCCN2CCOCC2)c1. The highest BCUT2D eigenvalue weighted by Gasteiger charge is 2.13. The molecule has 0 saturated carbocycles. The Morgan fingerprint density at radius 2 is 2.04 bits per heavy atom. The molecule has 0 atom stereocenters. The summed E-state index contributed by atoms with van der Waals surface area (Å²) < 4.78 is 21.4. The number of carbonyl (C=O) groups is 1. The summed E-state index contributed by atoms with van der Waals surface area (Å²) in [5.74, 6) is 0.831. The van der Waals surface area contributed by atoms with Crippen molar-refractivity contribution in [3.63, 3.8) is 0 Å². The van der Waals surface area contributed by atoms with Gasteiger partial charge in [-0.1, -0.05) is 0 Å². The largest absolute Gasteiger partial charge is 0.493 e. The van der Waals surface area contributed by atoms with Gasteiger partial charge >= 0.3 is 5.97 Å². The average molecular weight is 323 g/mol. The molecular weight excluding hydrogens is 298 g/mol. The Labute approximate surface area is 137 Å². The fourth-order valence-corrected chi connectivity index (χ4v) is 2.43. The van der Waals surface area contributed by atoms with Crippen LogP contribution in [0.2, 0.25) is 0 Å². The topological polar surface area (TPSA) is 57.2 Å². The lowest BCUT2D eigenvalue weighted by Gasteiger charge is -2.26. The third-order valence-corrected chi connectivity index (χ3v) is 3.65. The van der Waals surface area contributed by atoms with Gasteiger partial charge in [-0.25, -0.2) is 4.79 Å². The molecule has 0 spiro atoms. The Hall–Kier alpha value is -1.79. The lowest BCUT2D eigenvalue weighted by molar-refractivity contribution is 0.0357. The number of benzene rings is 1. The summed E-state index contributed by atoms with van der Waals surface area (Å²) in [6.07, 6.45) is 0.910. The second-order valence-corrected chi connectivity index (χ2v) is 5.24. The van der Waals surface area contributed by atoms with E-state index in [-0.39, 0.29) is 5.97 Å². The lowest BCUT2D eigenvalue weighted by Crippen LogP contribution is -2.37.